The second-order valence-corrected chi connectivity index (χ2v) is 5.57. The highest BCUT2D eigenvalue weighted by Gasteiger charge is 2.23. The first-order valence-electron chi connectivity index (χ1n) is 5.50. The molecule has 1 amide bonds. The first kappa shape index (κ1) is 15.9. The molecule has 0 heterocycles. The Morgan fingerprint density at radius 1 is 1.45 bits per heavy atom. The van der Waals surface area contributed by atoms with Crippen LogP contribution >= 0.6 is 0 Å². The highest BCUT2D eigenvalue weighted by atomic mass is 32.2. The maximum atomic E-state index is 11.8. The van der Waals surface area contributed by atoms with E-state index < -0.39 is 26.6 Å². The van der Waals surface area contributed by atoms with Crippen molar-refractivity contribution in [2.75, 3.05) is 24.7 Å². The number of anilines is 1. The van der Waals surface area contributed by atoms with E-state index in [9.17, 15) is 23.3 Å². The van der Waals surface area contributed by atoms with E-state index in [1.54, 1.807) is 0 Å². The van der Waals surface area contributed by atoms with E-state index in [1.165, 1.54) is 25.2 Å². The van der Waals surface area contributed by atoms with Crippen molar-refractivity contribution in [1.29, 1.82) is 0 Å². The molecule has 110 valence electrons. The van der Waals surface area contributed by atoms with Crippen LogP contribution in [-0.4, -0.2) is 38.6 Å². The number of amides is 1. The molecule has 0 radical (unpaired) electrons. The van der Waals surface area contributed by atoms with E-state index in [2.05, 4.69) is 10.6 Å². The largest absolute Gasteiger partial charge is 0.383 e. The van der Waals surface area contributed by atoms with Crippen LogP contribution < -0.4 is 15.8 Å². The molecular formula is C10H14N4O5S. The molecule has 0 fully saturated rings. The van der Waals surface area contributed by atoms with Crippen LogP contribution in [0.5, 0.6) is 0 Å². The Bertz CT molecular complexity index is 629. The average molecular weight is 302 g/mol. The fraction of sp³-hybridized carbons (Fsp3) is 0.300. The van der Waals surface area contributed by atoms with Crippen molar-refractivity contribution >= 4 is 27.3 Å². The Labute approximate surface area is 115 Å². The molecule has 0 spiro atoms. The highest BCUT2D eigenvalue weighted by molar-refractivity contribution is 7.89. The number of nitrogens with zero attached hydrogens (tertiary/aromatic N) is 1. The Morgan fingerprint density at radius 2 is 2.10 bits per heavy atom. The van der Waals surface area contributed by atoms with Gasteiger partial charge < -0.3 is 10.6 Å². The van der Waals surface area contributed by atoms with Gasteiger partial charge in [-0.25, -0.2) is 13.6 Å². The minimum absolute atomic E-state index is 0.156. The molecule has 0 saturated heterocycles. The number of carbonyl (C=O) groups is 1. The number of primary sulfonamides is 1. The number of para-hydroxylation sites is 1. The summed E-state index contributed by atoms with van der Waals surface area (Å²) >= 11 is 0. The van der Waals surface area contributed by atoms with Gasteiger partial charge in [0.2, 0.25) is 10.0 Å². The highest BCUT2D eigenvalue weighted by Crippen LogP contribution is 2.27. The van der Waals surface area contributed by atoms with E-state index in [1.807, 2.05) is 0 Å². The molecule has 9 nitrogen and oxygen atoms in total. The quantitative estimate of drug-likeness (QED) is 0.484. The molecule has 0 aromatic heterocycles. The van der Waals surface area contributed by atoms with Crippen LogP contribution in [0.1, 0.15) is 10.4 Å². The van der Waals surface area contributed by atoms with Crippen molar-refractivity contribution in [2.24, 2.45) is 5.14 Å². The predicted octanol–water partition coefficient (Wildman–Crippen LogP) is -0.345. The van der Waals surface area contributed by atoms with Crippen LogP contribution in [0, 0.1) is 10.1 Å². The lowest BCUT2D eigenvalue weighted by atomic mass is 10.1. The van der Waals surface area contributed by atoms with E-state index in [0.717, 1.165) is 0 Å². The second kappa shape index (κ2) is 6.30. The fourth-order valence-corrected chi connectivity index (χ4v) is 1.91. The molecule has 1 rings (SSSR count). The number of rotatable bonds is 6. The summed E-state index contributed by atoms with van der Waals surface area (Å²) in [6.45, 7) is -0.224. The van der Waals surface area contributed by atoms with Crippen LogP contribution in [0.25, 0.3) is 0 Å². The molecule has 4 N–H and O–H groups in total. The van der Waals surface area contributed by atoms with Crippen molar-refractivity contribution in [2.45, 2.75) is 0 Å². The summed E-state index contributed by atoms with van der Waals surface area (Å²) in [5.74, 6) is -1.18. The van der Waals surface area contributed by atoms with Gasteiger partial charge in [-0.2, -0.15) is 0 Å². The average Bonchev–Trinajstić information content (AvgIpc) is 2.35. The van der Waals surface area contributed by atoms with E-state index in [4.69, 9.17) is 5.14 Å². The number of nitro benzene ring substituents is 1. The molecule has 0 aliphatic heterocycles. The number of hydrogen-bond donors (Lipinski definition) is 3. The maximum Gasteiger partial charge on any atom is 0.305 e. The van der Waals surface area contributed by atoms with Gasteiger partial charge >= 0.3 is 5.69 Å². The summed E-state index contributed by atoms with van der Waals surface area (Å²) < 4.78 is 21.5. The van der Waals surface area contributed by atoms with Gasteiger partial charge in [-0.1, -0.05) is 6.07 Å². The number of carbonyl (C=O) groups excluding carboxylic acids is 1. The first-order chi connectivity index (χ1) is 9.26. The first-order valence-corrected chi connectivity index (χ1v) is 7.21. The van der Waals surface area contributed by atoms with E-state index in [0.29, 0.717) is 0 Å². The van der Waals surface area contributed by atoms with Gasteiger partial charge in [-0.3, -0.25) is 14.9 Å². The lowest BCUT2D eigenvalue weighted by Crippen LogP contribution is -2.31. The summed E-state index contributed by atoms with van der Waals surface area (Å²) in [5.41, 5.74) is -0.339. The monoisotopic (exact) mass is 302 g/mol. The summed E-state index contributed by atoms with van der Waals surface area (Å²) in [6.07, 6.45) is 0. The SMILES string of the molecule is CNc1cccc(C(=O)NCCS(N)(=O)=O)c1[N+](=O)[O-]. The van der Waals surface area contributed by atoms with Crippen LogP contribution in [0.3, 0.4) is 0 Å². The molecule has 0 aliphatic rings. The Morgan fingerprint density at radius 3 is 2.60 bits per heavy atom. The van der Waals surface area contributed by atoms with Crippen molar-refractivity contribution < 1.29 is 18.1 Å². The van der Waals surface area contributed by atoms with Gasteiger partial charge in [-0.05, 0) is 12.1 Å². The molecule has 1 aromatic rings. The molecule has 0 bridgehead atoms. The van der Waals surface area contributed by atoms with Gasteiger partial charge in [0.25, 0.3) is 5.91 Å². The Hall–Kier alpha value is -2.20. The number of sulfonamides is 1. The van der Waals surface area contributed by atoms with Crippen molar-refractivity contribution in [3.05, 3.63) is 33.9 Å². The molecule has 1 aromatic carbocycles. The molecule has 0 atom stereocenters. The fourth-order valence-electron chi connectivity index (χ4n) is 1.53. The smallest absolute Gasteiger partial charge is 0.305 e. The van der Waals surface area contributed by atoms with Gasteiger partial charge in [0, 0.05) is 13.6 Å². The van der Waals surface area contributed by atoms with Crippen molar-refractivity contribution in [3.63, 3.8) is 0 Å². The molecule has 0 saturated carbocycles. The van der Waals surface area contributed by atoms with Crippen molar-refractivity contribution in [3.8, 4) is 0 Å². The number of nitrogens with two attached hydrogens (primary N) is 1. The zero-order valence-electron chi connectivity index (χ0n) is 10.6. The number of benzene rings is 1. The number of nitrogens with one attached hydrogen (secondary N) is 2. The number of nitro groups is 1. The third-order valence-electron chi connectivity index (χ3n) is 2.40. The summed E-state index contributed by atoms with van der Waals surface area (Å²) in [6, 6.07) is 4.22. The minimum Gasteiger partial charge on any atom is -0.383 e. The van der Waals surface area contributed by atoms with Gasteiger partial charge in [0.05, 0.1) is 10.7 Å². The zero-order valence-corrected chi connectivity index (χ0v) is 11.4. The lowest BCUT2D eigenvalue weighted by molar-refractivity contribution is -0.384. The normalized spacial score (nSPS) is 10.9. The molecule has 20 heavy (non-hydrogen) atoms. The lowest BCUT2D eigenvalue weighted by Gasteiger charge is -2.08. The summed E-state index contributed by atoms with van der Waals surface area (Å²) in [4.78, 5) is 22.2. The summed E-state index contributed by atoms with van der Waals surface area (Å²) in [5, 5.41) is 20.7. The Balaban J connectivity index is 2.96. The van der Waals surface area contributed by atoms with E-state index >= 15 is 0 Å². The summed E-state index contributed by atoms with van der Waals surface area (Å²) in [7, 11) is -2.21. The molecule has 0 unspecified atom stereocenters. The van der Waals surface area contributed by atoms with Gasteiger partial charge in [-0.15, -0.1) is 0 Å². The zero-order chi connectivity index (χ0) is 15.3. The van der Waals surface area contributed by atoms with Crippen molar-refractivity contribution in [1.82, 2.24) is 5.32 Å². The topological polar surface area (TPSA) is 144 Å². The van der Waals surface area contributed by atoms with Gasteiger partial charge in [0.15, 0.2) is 0 Å². The molecule has 0 aliphatic carbocycles. The van der Waals surface area contributed by atoms with Crippen LogP contribution in [0.2, 0.25) is 0 Å². The third-order valence-corrected chi connectivity index (χ3v) is 3.18. The second-order valence-electron chi connectivity index (χ2n) is 3.83. The molecular weight excluding hydrogens is 288 g/mol. The van der Waals surface area contributed by atoms with Crippen LogP contribution in [0.15, 0.2) is 18.2 Å². The number of hydrogen-bond acceptors (Lipinski definition) is 6. The van der Waals surface area contributed by atoms with Gasteiger partial charge in [0.1, 0.15) is 11.3 Å². The third kappa shape index (κ3) is 4.17. The minimum atomic E-state index is -3.70. The van der Waals surface area contributed by atoms with E-state index in [-0.39, 0.29) is 23.5 Å². The predicted molar refractivity (Wildman–Crippen MR) is 73.0 cm³/mol. The standard InChI is InChI=1S/C10H14N4O5S/c1-12-8-4-2-3-7(9(8)14(16)17)10(15)13-5-6-20(11,18)19/h2-4,12H,5-6H2,1H3,(H,13,15)(H2,11,18,19). The Kier molecular flexibility index (Phi) is 5.00. The van der Waals surface area contributed by atoms with Crippen LogP contribution in [-0.2, 0) is 10.0 Å². The van der Waals surface area contributed by atoms with Crippen LogP contribution in [0.4, 0.5) is 11.4 Å². The molecule has 10 heteroatoms. The maximum absolute atomic E-state index is 11.8.